The van der Waals surface area contributed by atoms with Crippen molar-refractivity contribution < 1.29 is 9.13 Å². The van der Waals surface area contributed by atoms with Crippen molar-refractivity contribution in [3.8, 4) is 11.6 Å². The topological polar surface area (TPSA) is 81.0 Å². The van der Waals surface area contributed by atoms with E-state index in [1.165, 1.54) is 18.2 Å². The van der Waals surface area contributed by atoms with Gasteiger partial charge in [-0.3, -0.25) is 4.79 Å². The first-order chi connectivity index (χ1) is 8.58. The molecule has 0 amide bonds. The summed E-state index contributed by atoms with van der Waals surface area (Å²) in [5, 5.41) is 0. The number of benzene rings is 1. The van der Waals surface area contributed by atoms with Crippen molar-refractivity contribution in [3.05, 3.63) is 46.3 Å². The fraction of sp³-hybridized carbons (Fsp3) is 0.167. The molecule has 1 heterocycles. The van der Waals surface area contributed by atoms with Gasteiger partial charge in [0.2, 0.25) is 5.88 Å². The highest BCUT2D eigenvalue weighted by atomic mass is 19.1. The lowest BCUT2D eigenvalue weighted by atomic mass is 10.3. The van der Waals surface area contributed by atoms with E-state index in [4.69, 9.17) is 10.5 Å². The summed E-state index contributed by atoms with van der Waals surface area (Å²) in [6.07, 6.45) is 0.572. The minimum Gasteiger partial charge on any atom is -0.439 e. The molecule has 18 heavy (non-hydrogen) atoms. The number of hydrogen-bond donors (Lipinski definition) is 2. The van der Waals surface area contributed by atoms with Gasteiger partial charge in [0.1, 0.15) is 17.4 Å². The monoisotopic (exact) mass is 249 g/mol. The fourth-order valence-corrected chi connectivity index (χ4v) is 1.40. The van der Waals surface area contributed by atoms with Crippen LogP contribution in [0.4, 0.5) is 10.1 Å². The van der Waals surface area contributed by atoms with Crippen LogP contribution in [0.2, 0.25) is 0 Å². The first-order valence-electron chi connectivity index (χ1n) is 5.41. The highest BCUT2D eigenvalue weighted by Crippen LogP contribution is 2.22. The number of nitrogens with zero attached hydrogens (tertiary/aromatic N) is 1. The van der Waals surface area contributed by atoms with Crippen LogP contribution < -0.4 is 16.0 Å². The highest BCUT2D eigenvalue weighted by Gasteiger charge is 2.05. The maximum absolute atomic E-state index is 13.2. The number of aryl methyl sites for hydroxylation is 1. The Hall–Kier alpha value is -2.37. The van der Waals surface area contributed by atoms with Gasteiger partial charge in [-0.15, -0.1) is 0 Å². The summed E-state index contributed by atoms with van der Waals surface area (Å²) < 4.78 is 18.5. The van der Waals surface area contributed by atoms with Crippen molar-refractivity contribution in [3.63, 3.8) is 0 Å². The molecule has 94 valence electrons. The van der Waals surface area contributed by atoms with E-state index < -0.39 is 5.82 Å². The van der Waals surface area contributed by atoms with Crippen LogP contribution in [0.5, 0.6) is 11.6 Å². The van der Waals surface area contributed by atoms with Gasteiger partial charge >= 0.3 is 0 Å². The van der Waals surface area contributed by atoms with E-state index in [0.717, 1.165) is 6.07 Å². The first kappa shape index (κ1) is 12.1. The van der Waals surface area contributed by atoms with Crippen LogP contribution >= 0.6 is 0 Å². The van der Waals surface area contributed by atoms with Crippen molar-refractivity contribution in [2.75, 3.05) is 5.73 Å². The van der Waals surface area contributed by atoms with Crippen LogP contribution in [-0.4, -0.2) is 9.97 Å². The Labute approximate surface area is 102 Å². The molecule has 0 fully saturated rings. The molecule has 2 rings (SSSR count). The Morgan fingerprint density at radius 1 is 1.44 bits per heavy atom. The predicted octanol–water partition coefficient (Wildman–Crippen LogP) is 1.85. The average Bonchev–Trinajstić information content (AvgIpc) is 2.33. The number of ether oxygens (including phenoxy) is 1. The number of anilines is 1. The summed E-state index contributed by atoms with van der Waals surface area (Å²) in [5.74, 6) is 0.295. The third-order valence-corrected chi connectivity index (χ3v) is 2.30. The van der Waals surface area contributed by atoms with Crippen molar-refractivity contribution in [2.45, 2.75) is 13.3 Å². The lowest BCUT2D eigenvalue weighted by Gasteiger charge is -2.06. The maximum Gasteiger partial charge on any atom is 0.254 e. The van der Waals surface area contributed by atoms with Gasteiger partial charge in [-0.05, 0) is 12.1 Å². The normalized spacial score (nSPS) is 10.3. The quantitative estimate of drug-likeness (QED) is 0.813. The Balaban J connectivity index is 2.30. The average molecular weight is 249 g/mol. The van der Waals surface area contributed by atoms with Crippen molar-refractivity contribution in [1.29, 1.82) is 0 Å². The van der Waals surface area contributed by atoms with Crippen molar-refractivity contribution in [2.24, 2.45) is 0 Å². The standard InChI is InChI=1S/C12H12FN3O2/c1-2-10-15-11(17)6-12(16-10)18-7-3-4-9(14)8(13)5-7/h3-6H,2,14H2,1H3,(H,15,16,17). The van der Waals surface area contributed by atoms with Crippen LogP contribution in [-0.2, 0) is 6.42 Å². The molecule has 0 aliphatic carbocycles. The number of H-pyrrole nitrogens is 1. The van der Waals surface area contributed by atoms with E-state index in [-0.39, 0.29) is 22.9 Å². The zero-order valence-corrected chi connectivity index (χ0v) is 9.74. The van der Waals surface area contributed by atoms with Crippen molar-refractivity contribution >= 4 is 5.69 Å². The van der Waals surface area contributed by atoms with Crippen LogP contribution in [0.25, 0.3) is 0 Å². The van der Waals surface area contributed by atoms with E-state index in [1.807, 2.05) is 6.92 Å². The van der Waals surface area contributed by atoms with Gasteiger partial charge in [0.05, 0.1) is 11.8 Å². The number of aromatic amines is 1. The predicted molar refractivity (Wildman–Crippen MR) is 65.1 cm³/mol. The molecule has 0 bridgehead atoms. The highest BCUT2D eigenvalue weighted by molar-refractivity contribution is 5.44. The molecular weight excluding hydrogens is 237 g/mol. The number of halogens is 1. The molecule has 0 radical (unpaired) electrons. The molecule has 0 aliphatic heterocycles. The van der Waals surface area contributed by atoms with Crippen LogP contribution in [0, 0.1) is 5.82 Å². The van der Waals surface area contributed by atoms with E-state index in [1.54, 1.807) is 0 Å². The Morgan fingerprint density at radius 2 is 2.22 bits per heavy atom. The zero-order valence-electron chi connectivity index (χ0n) is 9.74. The van der Waals surface area contributed by atoms with Crippen LogP contribution in [0.15, 0.2) is 29.1 Å². The number of hydrogen-bond acceptors (Lipinski definition) is 4. The third-order valence-electron chi connectivity index (χ3n) is 2.30. The van der Waals surface area contributed by atoms with Gasteiger partial charge in [-0.1, -0.05) is 6.92 Å². The van der Waals surface area contributed by atoms with E-state index >= 15 is 0 Å². The van der Waals surface area contributed by atoms with Crippen LogP contribution in [0.3, 0.4) is 0 Å². The van der Waals surface area contributed by atoms with Crippen LogP contribution in [0.1, 0.15) is 12.7 Å². The van der Waals surface area contributed by atoms with Gasteiger partial charge in [0, 0.05) is 12.5 Å². The SMILES string of the molecule is CCc1nc(Oc2ccc(N)c(F)c2)cc(=O)[nH]1. The van der Waals surface area contributed by atoms with Gasteiger partial charge < -0.3 is 15.5 Å². The van der Waals surface area contributed by atoms with E-state index in [0.29, 0.717) is 12.2 Å². The van der Waals surface area contributed by atoms with Gasteiger partial charge in [0.15, 0.2) is 0 Å². The van der Waals surface area contributed by atoms with Crippen molar-refractivity contribution in [1.82, 2.24) is 9.97 Å². The Kier molecular flexibility index (Phi) is 3.27. The molecule has 0 saturated heterocycles. The van der Waals surface area contributed by atoms with Gasteiger partial charge in [-0.2, -0.15) is 4.98 Å². The summed E-state index contributed by atoms with van der Waals surface area (Å²) in [4.78, 5) is 17.9. The molecule has 2 aromatic rings. The summed E-state index contributed by atoms with van der Waals surface area (Å²) in [6, 6.07) is 5.24. The summed E-state index contributed by atoms with van der Waals surface area (Å²) in [6.45, 7) is 1.85. The molecule has 0 spiro atoms. The van der Waals surface area contributed by atoms with Gasteiger partial charge in [-0.25, -0.2) is 4.39 Å². The first-order valence-corrected chi connectivity index (χ1v) is 5.41. The number of nitrogens with two attached hydrogens (primary N) is 1. The molecule has 0 atom stereocenters. The second kappa shape index (κ2) is 4.87. The lowest BCUT2D eigenvalue weighted by molar-refractivity contribution is 0.453. The number of nitrogen functional groups attached to an aromatic ring is 1. The molecular formula is C12H12FN3O2. The van der Waals surface area contributed by atoms with Gasteiger partial charge in [0.25, 0.3) is 5.56 Å². The largest absolute Gasteiger partial charge is 0.439 e. The molecule has 0 aliphatic rings. The number of aromatic nitrogens is 2. The minimum atomic E-state index is -0.576. The molecule has 1 aromatic heterocycles. The molecule has 0 saturated carbocycles. The molecule has 5 nitrogen and oxygen atoms in total. The summed E-state index contributed by atoms with van der Waals surface area (Å²) in [5.41, 5.74) is 5.08. The third kappa shape index (κ3) is 2.65. The second-order valence-corrected chi connectivity index (χ2v) is 3.67. The molecule has 3 N–H and O–H groups in total. The number of nitrogens with one attached hydrogen (secondary N) is 1. The summed E-state index contributed by atoms with van der Waals surface area (Å²) in [7, 11) is 0. The summed E-state index contributed by atoms with van der Waals surface area (Å²) >= 11 is 0. The molecule has 1 aromatic carbocycles. The minimum absolute atomic E-state index is 0.0375. The van der Waals surface area contributed by atoms with E-state index in [2.05, 4.69) is 9.97 Å². The smallest absolute Gasteiger partial charge is 0.254 e. The fourth-order valence-electron chi connectivity index (χ4n) is 1.40. The maximum atomic E-state index is 13.2. The zero-order chi connectivity index (χ0) is 13.1. The molecule has 0 unspecified atom stereocenters. The Bertz CT molecular complexity index is 625. The lowest BCUT2D eigenvalue weighted by Crippen LogP contribution is -2.10. The molecule has 6 heteroatoms. The Morgan fingerprint density at radius 3 is 2.89 bits per heavy atom. The van der Waals surface area contributed by atoms with E-state index in [9.17, 15) is 9.18 Å². The number of rotatable bonds is 3. The second-order valence-electron chi connectivity index (χ2n) is 3.67.